The highest BCUT2D eigenvalue weighted by molar-refractivity contribution is 5.84. The van der Waals surface area contributed by atoms with Crippen molar-refractivity contribution in [1.82, 2.24) is 0 Å². The second-order valence-corrected chi connectivity index (χ2v) is 5.23. The molecule has 0 aliphatic carbocycles. The first-order valence-corrected chi connectivity index (χ1v) is 7.83. The van der Waals surface area contributed by atoms with Crippen LogP contribution in [0.4, 0.5) is 0 Å². The standard InChI is InChI=1S/C18H22O6/c1-3-4-13-5-7-15(17(11-13)22-10-9-21-2)23-12-14-6-8-16(24-14)18(19)20/h5-8,11H,3-4,9-10,12H2,1-2H3,(H,19,20). The summed E-state index contributed by atoms with van der Waals surface area (Å²) in [6.45, 7) is 3.15. The van der Waals surface area contributed by atoms with Gasteiger partial charge < -0.3 is 23.7 Å². The number of hydrogen-bond acceptors (Lipinski definition) is 5. The van der Waals surface area contributed by atoms with Crippen molar-refractivity contribution in [3.63, 3.8) is 0 Å². The molecule has 0 aliphatic rings. The Morgan fingerprint density at radius 1 is 1.12 bits per heavy atom. The van der Waals surface area contributed by atoms with Crippen LogP contribution >= 0.6 is 0 Å². The summed E-state index contributed by atoms with van der Waals surface area (Å²) in [4.78, 5) is 10.8. The molecule has 0 amide bonds. The lowest BCUT2D eigenvalue weighted by Gasteiger charge is -2.13. The highest BCUT2D eigenvalue weighted by Gasteiger charge is 2.11. The molecule has 0 bridgehead atoms. The lowest BCUT2D eigenvalue weighted by molar-refractivity contribution is 0.0658. The van der Waals surface area contributed by atoms with Crippen molar-refractivity contribution >= 4 is 5.97 Å². The summed E-state index contributed by atoms with van der Waals surface area (Å²) in [5.41, 5.74) is 1.17. The molecule has 2 aromatic rings. The fraction of sp³-hybridized carbons (Fsp3) is 0.389. The molecule has 0 unspecified atom stereocenters. The van der Waals surface area contributed by atoms with Gasteiger partial charge in [-0.1, -0.05) is 19.4 Å². The summed E-state index contributed by atoms with van der Waals surface area (Å²) in [5, 5.41) is 8.86. The zero-order valence-electron chi connectivity index (χ0n) is 13.9. The molecule has 1 heterocycles. The van der Waals surface area contributed by atoms with E-state index >= 15 is 0 Å². The van der Waals surface area contributed by atoms with Gasteiger partial charge in [0.05, 0.1) is 6.61 Å². The number of methoxy groups -OCH3 is 1. The summed E-state index contributed by atoms with van der Waals surface area (Å²) < 4.78 is 21.6. The molecule has 6 nitrogen and oxygen atoms in total. The van der Waals surface area contributed by atoms with Crippen LogP contribution in [0.3, 0.4) is 0 Å². The normalized spacial score (nSPS) is 10.6. The Morgan fingerprint density at radius 3 is 2.62 bits per heavy atom. The molecule has 0 spiro atoms. The maximum absolute atomic E-state index is 10.8. The Labute approximate surface area is 140 Å². The third kappa shape index (κ3) is 5.03. The molecule has 1 aromatic carbocycles. The molecule has 130 valence electrons. The molecule has 0 fully saturated rings. The van der Waals surface area contributed by atoms with Gasteiger partial charge in [-0.3, -0.25) is 0 Å². The Kier molecular flexibility index (Phi) is 6.69. The zero-order valence-corrected chi connectivity index (χ0v) is 13.9. The number of furan rings is 1. The molecule has 1 N–H and O–H groups in total. The van der Waals surface area contributed by atoms with E-state index in [1.165, 1.54) is 11.6 Å². The minimum Gasteiger partial charge on any atom is -0.487 e. The predicted octanol–water partition coefficient (Wildman–Crippen LogP) is 3.53. The summed E-state index contributed by atoms with van der Waals surface area (Å²) in [7, 11) is 1.62. The van der Waals surface area contributed by atoms with Crippen LogP contribution < -0.4 is 9.47 Å². The van der Waals surface area contributed by atoms with E-state index in [0.29, 0.717) is 30.5 Å². The molecular formula is C18H22O6. The van der Waals surface area contributed by atoms with Crippen LogP contribution in [-0.4, -0.2) is 31.4 Å². The lowest BCUT2D eigenvalue weighted by Crippen LogP contribution is -2.06. The number of carbonyl (C=O) groups is 1. The van der Waals surface area contributed by atoms with Gasteiger partial charge in [0.15, 0.2) is 11.5 Å². The smallest absolute Gasteiger partial charge is 0.371 e. The summed E-state index contributed by atoms with van der Waals surface area (Å²) in [6, 6.07) is 8.79. The predicted molar refractivity (Wildman–Crippen MR) is 87.8 cm³/mol. The summed E-state index contributed by atoms with van der Waals surface area (Å²) >= 11 is 0. The second-order valence-electron chi connectivity index (χ2n) is 5.23. The van der Waals surface area contributed by atoms with Crippen LogP contribution in [0.25, 0.3) is 0 Å². The summed E-state index contributed by atoms with van der Waals surface area (Å²) in [5.74, 6) is 0.451. The van der Waals surface area contributed by atoms with Crippen molar-refractivity contribution < 1.29 is 28.5 Å². The van der Waals surface area contributed by atoms with Gasteiger partial charge in [0.25, 0.3) is 0 Å². The van der Waals surface area contributed by atoms with Crippen LogP contribution in [0.15, 0.2) is 34.7 Å². The molecule has 2 rings (SSSR count). The molecule has 24 heavy (non-hydrogen) atoms. The fourth-order valence-corrected chi connectivity index (χ4v) is 2.18. The highest BCUT2D eigenvalue weighted by Crippen LogP contribution is 2.30. The van der Waals surface area contributed by atoms with Crippen molar-refractivity contribution in [2.75, 3.05) is 20.3 Å². The summed E-state index contributed by atoms with van der Waals surface area (Å²) in [6.07, 6.45) is 2.00. The quantitative estimate of drug-likeness (QED) is 0.670. The van der Waals surface area contributed by atoms with Gasteiger partial charge in [0.2, 0.25) is 5.76 Å². The highest BCUT2D eigenvalue weighted by atomic mass is 16.5. The molecule has 6 heteroatoms. The van der Waals surface area contributed by atoms with Gasteiger partial charge in [0, 0.05) is 7.11 Å². The molecule has 0 saturated carbocycles. The average molecular weight is 334 g/mol. The van der Waals surface area contributed by atoms with Gasteiger partial charge in [0.1, 0.15) is 19.0 Å². The molecule has 0 radical (unpaired) electrons. The second kappa shape index (κ2) is 8.98. The molecular weight excluding hydrogens is 312 g/mol. The minimum atomic E-state index is -1.10. The van der Waals surface area contributed by atoms with Crippen LogP contribution in [-0.2, 0) is 17.8 Å². The van der Waals surface area contributed by atoms with Gasteiger partial charge in [-0.25, -0.2) is 4.79 Å². The number of rotatable bonds is 10. The first-order valence-electron chi connectivity index (χ1n) is 7.83. The number of ether oxygens (including phenoxy) is 3. The maximum atomic E-state index is 10.8. The zero-order chi connectivity index (χ0) is 17.4. The maximum Gasteiger partial charge on any atom is 0.371 e. The number of carboxylic acids is 1. The van der Waals surface area contributed by atoms with Gasteiger partial charge in [-0.2, -0.15) is 0 Å². The number of benzene rings is 1. The Bertz CT molecular complexity index is 661. The van der Waals surface area contributed by atoms with E-state index in [2.05, 4.69) is 6.92 Å². The number of aryl methyl sites for hydroxylation is 1. The molecule has 1 aromatic heterocycles. The average Bonchev–Trinajstić information content (AvgIpc) is 3.04. The SMILES string of the molecule is CCCc1ccc(OCc2ccc(C(=O)O)o2)c(OCCOC)c1. The van der Waals surface area contributed by atoms with Crippen molar-refractivity contribution in [3.05, 3.63) is 47.4 Å². The third-order valence-electron chi connectivity index (χ3n) is 3.33. The Morgan fingerprint density at radius 2 is 1.96 bits per heavy atom. The van der Waals surface area contributed by atoms with Gasteiger partial charge in [-0.15, -0.1) is 0 Å². The lowest BCUT2D eigenvalue weighted by atomic mass is 10.1. The van der Waals surface area contributed by atoms with E-state index in [0.717, 1.165) is 12.8 Å². The van der Waals surface area contributed by atoms with Crippen LogP contribution in [0, 0.1) is 0 Å². The van der Waals surface area contributed by atoms with E-state index in [1.807, 2.05) is 18.2 Å². The van der Waals surface area contributed by atoms with Gasteiger partial charge in [-0.05, 0) is 36.2 Å². The van der Waals surface area contributed by atoms with Crippen LogP contribution in [0.2, 0.25) is 0 Å². The van der Waals surface area contributed by atoms with Crippen molar-refractivity contribution in [2.45, 2.75) is 26.4 Å². The topological polar surface area (TPSA) is 78.1 Å². The van der Waals surface area contributed by atoms with Crippen LogP contribution in [0.5, 0.6) is 11.5 Å². The van der Waals surface area contributed by atoms with E-state index in [9.17, 15) is 4.79 Å². The largest absolute Gasteiger partial charge is 0.487 e. The molecule has 0 aliphatic heterocycles. The molecule has 0 saturated heterocycles. The van der Waals surface area contributed by atoms with E-state index in [1.54, 1.807) is 13.2 Å². The van der Waals surface area contributed by atoms with Crippen molar-refractivity contribution in [2.24, 2.45) is 0 Å². The van der Waals surface area contributed by atoms with Crippen molar-refractivity contribution in [1.29, 1.82) is 0 Å². The first-order chi connectivity index (χ1) is 11.6. The third-order valence-corrected chi connectivity index (χ3v) is 3.33. The monoisotopic (exact) mass is 334 g/mol. The first kappa shape index (κ1) is 17.9. The number of carboxylic acid groups (broad SMARTS) is 1. The Hall–Kier alpha value is -2.47. The molecule has 0 atom stereocenters. The van der Waals surface area contributed by atoms with Gasteiger partial charge >= 0.3 is 5.97 Å². The number of hydrogen-bond donors (Lipinski definition) is 1. The van der Waals surface area contributed by atoms with Crippen molar-refractivity contribution in [3.8, 4) is 11.5 Å². The number of aromatic carboxylic acids is 1. The van der Waals surface area contributed by atoms with E-state index in [4.69, 9.17) is 23.7 Å². The van der Waals surface area contributed by atoms with Crippen LogP contribution in [0.1, 0.15) is 35.2 Å². The van der Waals surface area contributed by atoms with E-state index in [-0.39, 0.29) is 12.4 Å². The Balaban J connectivity index is 2.07. The van der Waals surface area contributed by atoms with E-state index < -0.39 is 5.97 Å². The fourth-order valence-electron chi connectivity index (χ4n) is 2.18. The minimum absolute atomic E-state index is 0.108.